The molecule has 2 N–H and O–H groups in total. The third kappa shape index (κ3) is 3.15. The van der Waals surface area contributed by atoms with Gasteiger partial charge in [0, 0.05) is 18.0 Å². The van der Waals surface area contributed by atoms with E-state index < -0.39 is 9.84 Å². The quantitative estimate of drug-likeness (QED) is 0.851. The molecule has 0 radical (unpaired) electrons. The van der Waals surface area contributed by atoms with Crippen LogP contribution in [-0.4, -0.2) is 43.8 Å². The number of anilines is 1. The molecule has 5 nitrogen and oxygen atoms in total. The van der Waals surface area contributed by atoms with Gasteiger partial charge in [-0.05, 0) is 11.5 Å². The zero-order valence-corrected chi connectivity index (χ0v) is 13.6. The van der Waals surface area contributed by atoms with E-state index in [4.69, 9.17) is 5.73 Å². The summed E-state index contributed by atoms with van der Waals surface area (Å²) in [5.74, 6) is -0.0896. The average Bonchev–Trinajstić information content (AvgIpc) is 2.70. The summed E-state index contributed by atoms with van der Waals surface area (Å²) in [6.45, 7) is 6.71. The van der Waals surface area contributed by atoms with Gasteiger partial charge in [-0.2, -0.15) is 0 Å². The van der Waals surface area contributed by atoms with Gasteiger partial charge in [-0.25, -0.2) is 8.42 Å². The highest BCUT2D eigenvalue weighted by atomic mass is 32.2. The molecule has 0 bridgehead atoms. The number of carbonyl (C=O) groups excluding carboxylic acids is 1. The monoisotopic (exact) mass is 316 g/mol. The molecule has 20 heavy (non-hydrogen) atoms. The van der Waals surface area contributed by atoms with Crippen molar-refractivity contribution in [2.24, 2.45) is 0 Å². The van der Waals surface area contributed by atoms with Gasteiger partial charge >= 0.3 is 0 Å². The van der Waals surface area contributed by atoms with Gasteiger partial charge in [0.1, 0.15) is 0 Å². The molecule has 0 aromatic carbocycles. The van der Waals surface area contributed by atoms with Crippen molar-refractivity contribution in [1.82, 2.24) is 4.90 Å². The summed E-state index contributed by atoms with van der Waals surface area (Å²) in [6.07, 6.45) is 0. The first kappa shape index (κ1) is 15.3. The highest BCUT2D eigenvalue weighted by Gasteiger charge is 2.29. The molecule has 0 saturated carbocycles. The van der Waals surface area contributed by atoms with Crippen molar-refractivity contribution < 1.29 is 13.2 Å². The molecule has 1 fully saturated rings. The first-order valence-corrected chi connectivity index (χ1v) is 9.13. The summed E-state index contributed by atoms with van der Waals surface area (Å²) in [6, 6.07) is 1.84. The van der Waals surface area contributed by atoms with Crippen LogP contribution in [0.1, 0.15) is 36.0 Å². The highest BCUT2D eigenvalue weighted by molar-refractivity contribution is 7.91. The van der Waals surface area contributed by atoms with E-state index in [0.29, 0.717) is 10.6 Å². The second-order valence-electron chi connectivity index (χ2n) is 6.08. The smallest absolute Gasteiger partial charge is 0.256 e. The lowest BCUT2D eigenvalue weighted by Crippen LogP contribution is -2.43. The van der Waals surface area contributed by atoms with Crippen molar-refractivity contribution in [2.45, 2.75) is 26.2 Å². The summed E-state index contributed by atoms with van der Waals surface area (Å²) in [5, 5.41) is 0.508. The summed E-state index contributed by atoms with van der Waals surface area (Å²) >= 11 is 1.43. The largest absolute Gasteiger partial charge is 0.390 e. The number of rotatable bonds is 1. The third-order valence-corrected chi connectivity index (χ3v) is 6.36. The van der Waals surface area contributed by atoms with Gasteiger partial charge in [-0.1, -0.05) is 20.8 Å². The lowest BCUT2D eigenvalue weighted by atomic mass is 9.94. The molecule has 0 atom stereocenters. The normalized spacial score (nSPS) is 19.1. The minimum Gasteiger partial charge on any atom is -0.390 e. The Morgan fingerprint density at radius 2 is 1.85 bits per heavy atom. The molecule has 1 saturated heterocycles. The van der Waals surface area contributed by atoms with Crippen molar-refractivity contribution in [1.29, 1.82) is 0 Å². The van der Waals surface area contributed by atoms with Crippen LogP contribution in [0.25, 0.3) is 0 Å². The fourth-order valence-corrected chi connectivity index (χ4v) is 4.21. The Hall–Kier alpha value is -1.08. The van der Waals surface area contributed by atoms with Gasteiger partial charge in [-0.15, -0.1) is 11.3 Å². The van der Waals surface area contributed by atoms with Crippen molar-refractivity contribution in [2.75, 3.05) is 30.3 Å². The second-order valence-corrected chi connectivity index (χ2v) is 9.47. The number of nitrogens with zero attached hydrogens (tertiary/aromatic N) is 1. The standard InChI is InChI=1S/C13H20N2O3S2/c1-13(2,3)10-8-9(11(14)19-10)12(16)15-4-6-20(17,18)7-5-15/h8H,4-7,14H2,1-3H3. The summed E-state index contributed by atoms with van der Waals surface area (Å²) in [5.41, 5.74) is 6.40. The molecule has 0 aliphatic carbocycles. The summed E-state index contributed by atoms with van der Waals surface area (Å²) < 4.78 is 22.8. The number of nitrogens with two attached hydrogens (primary N) is 1. The van der Waals surface area contributed by atoms with E-state index in [9.17, 15) is 13.2 Å². The van der Waals surface area contributed by atoms with Crippen LogP contribution in [0, 0.1) is 0 Å². The van der Waals surface area contributed by atoms with Gasteiger partial charge < -0.3 is 10.6 Å². The zero-order valence-electron chi connectivity index (χ0n) is 12.0. The fourth-order valence-electron chi connectivity index (χ4n) is 2.03. The lowest BCUT2D eigenvalue weighted by Gasteiger charge is -2.26. The van der Waals surface area contributed by atoms with Crippen LogP contribution >= 0.6 is 11.3 Å². The van der Waals surface area contributed by atoms with Crippen LogP contribution < -0.4 is 5.73 Å². The lowest BCUT2D eigenvalue weighted by molar-refractivity contribution is 0.0771. The Balaban J connectivity index is 2.20. The van der Waals surface area contributed by atoms with E-state index in [1.807, 2.05) is 6.07 Å². The first-order chi connectivity index (χ1) is 9.10. The topological polar surface area (TPSA) is 80.5 Å². The van der Waals surface area contributed by atoms with Crippen LogP contribution in [0.3, 0.4) is 0 Å². The highest BCUT2D eigenvalue weighted by Crippen LogP contribution is 2.34. The Kier molecular flexibility index (Phi) is 3.85. The van der Waals surface area contributed by atoms with E-state index in [2.05, 4.69) is 20.8 Å². The van der Waals surface area contributed by atoms with Crippen LogP contribution in [-0.2, 0) is 15.3 Å². The van der Waals surface area contributed by atoms with E-state index in [0.717, 1.165) is 4.88 Å². The van der Waals surface area contributed by atoms with Gasteiger partial charge in [0.2, 0.25) is 0 Å². The number of nitrogen functional groups attached to an aromatic ring is 1. The van der Waals surface area contributed by atoms with Gasteiger partial charge in [0.25, 0.3) is 5.91 Å². The van der Waals surface area contributed by atoms with E-state index >= 15 is 0 Å². The molecule has 2 heterocycles. The maximum atomic E-state index is 12.4. The number of carbonyl (C=O) groups is 1. The molecule has 1 aromatic rings. The second kappa shape index (κ2) is 5.04. The third-order valence-electron chi connectivity index (χ3n) is 3.36. The van der Waals surface area contributed by atoms with Crippen molar-refractivity contribution in [3.05, 3.63) is 16.5 Å². The molecule has 0 unspecified atom stereocenters. The Morgan fingerprint density at radius 1 is 1.30 bits per heavy atom. The molecule has 112 valence electrons. The van der Waals surface area contributed by atoms with E-state index in [1.165, 1.54) is 11.3 Å². The predicted molar refractivity (Wildman–Crippen MR) is 82.0 cm³/mol. The maximum Gasteiger partial charge on any atom is 0.256 e. The number of amides is 1. The van der Waals surface area contributed by atoms with Crippen LogP contribution in [0.4, 0.5) is 5.00 Å². The van der Waals surface area contributed by atoms with Crippen LogP contribution in [0.5, 0.6) is 0 Å². The van der Waals surface area contributed by atoms with E-state index in [1.54, 1.807) is 4.90 Å². The van der Waals surface area contributed by atoms with Gasteiger partial charge in [-0.3, -0.25) is 4.79 Å². The van der Waals surface area contributed by atoms with E-state index in [-0.39, 0.29) is 35.9 Å². The number of thiophene rings is 1. The number of hydrogen-bond acceptors (Lipinski definition) is 5. The number of sulfone groups is 1. The molecule has 1 aliphatic rings. The van der Waals surface area contributed by atoms with Crippen molar-refractivity contribution >= 4 is 32.1 Å². The predicted octanol–water partition coefficient (Wildman–Crippen LogP) is 1.50. The minimum absolute atomic E-state index is 0.0366. The van der Waals surface area contributed by atoms with Crippen LogP contribution in [0.2, 0.25) is 0 Å². The molecule has 1 aromatic heterocycles. The van der Waals surface area contributed by atoms with Crippen molar-refractivity contribution in [3.8, 4) is 0 Å². The molecule has 2 rings (SSSR count). The Bertz CT molecular complexity index is 613. The summed E-state index contributed by atoms with van der Waals surface area (Å²) in [4.78, 5) is 15.1. The Morgan fingerprint density at radius 3 is 2.30 bits per heavy atom. The van der Waals surface area contributed by atoms with Crippen molar-refractivity contribution in [3.63, 3.8) is 0 Å². The summed E-state index contributed by atoms with van der Waals surface area (Å²) in [7, 11) is -2.98. The molecule has 1 aliphatic heterocycles. The zero-order chi connectivity index (χ0) is 15.1. The molecule has 0 spiro atoms. The average molecular weight is 316 g/mol. The maximum absolute atomic E-state index is 12.4. The fraction of sp³-hybridized carbons (Fsp3) is 0.615. The first-order valence-electron chi connectivity index (χ1n) is 6.50. The van der Waals surface area contributed by atoms with Gasteiger partial charge in [0.15, 0.2) is 9.84 Å². The molecular weight excluding hydrogens is 296 g/mol. The molecular formula is C13H20N2O3S2. The SMILES string of the molecule is CC(C)(C)c1cc(C(=O)N2CCS(=O)(=O)CC2)c(N)s1. The Labute approximate surface area is 123 Å². The molecule has 1 amide bonds. The van der Waals surface area contributed by atoms with Gasteiger partial charge in [0.05, 0.1) is 22.1 Å². The number of hydrogen-bond donors (Lipinski definition) is 1. The minimum atomic E-state index is -2.98. The molecule has 7 heteroatoms. The van der Waals surface area contributed by atoms with Crippen LogP contribution in [0.15, 0.2) is 6.07 Å².